The fraction of sp³-hybridized carbons (Fsp3) is 0.786. The van der Waals surface area contributed by atoms with Crippen LogP contribution in [0.3, 0.4) is 0 Å². The van der Waals surface area contributed by atoms with Crippen LogP contribution >= 0.6 is 0 Å². The molecule has 0 aromatic carbocycles. The minimum Gasteiger partial charge on any atom is -0.463 e. The smallest absolute Gasteiger partial charge is 0.426 e. The highest BCUT2D eigenvalue weighted by atomic mass is 16.6. The van der Waals surface area contributed by atoms with Gasteiger partial charge >= 0.3 is 12.1 Å². The zero-order valence-corrected chi connectivity index (χ0v) is 13.4. The van der Waals surface area contributed by atoms with Crippen LogP contribution in [0.4, 0.5) is 4.79 Å². The molecule has 1 aliphatic rings. The van der Waals surface area contributed by atoms with Crippen molar-refractivity contribution in [2.24, 2.45) is 5.92 Å². The van der Waals surface area contributed by atoms with Crippen molar-refractivity contribution in [2.75, 3.05) is 6.61 Å². The van der Waals surface area contributed by atoms with Gasteiger partial charge in [-0.2, -0.15) is 0 Å². The van der Waals surface area contributed by atoms with E-state index in [0.29, 0.717) is 17.9 Å². The second kappa shape index (κ2) is 7.44. The molecule has 0 aliphatic heterocycles. The highest BCUT2D eigenvalue weighted by Gasteiger charge is 2.37. The summed E-state index contributed by atoms with van der Waals surface area (Å²) in [6, 6.07) is 0. The molecular formula is C14H24N2O6. The molecule has 1 aliphatic carbocycles. The van der Waals surface area contributed by atoms with Crippen molar-refractivity contribution in [1.29, 1.82) is 0 Å². The van der Waals surface area contributed by atoms with Gasteiger partial charge in [-0.15, -0.1) is 0 Å². The Labute approximate surface area is 129 Å². The Morgan fingerprint density at radius 1 is 1.32 bits per heavy atom. The van der Waals surface area contributed by atoms with Gasteiger partial charge in [-0.1, -0.05) is 6.42 Å². The van der Waals surface area contributed by atoms with Crippen molar-refractivity contribution < 1.29 is 29.0 Å². The normalized spacial score (nSPS) is 16.2. The molecular weight excluding hydrogens is 292 g/mol. The summed E-state index contributed by atoms with van der Waals surface area (Å²) >= 11 is 0. The van der Waals surface area contributed by atoms with Gasteiger partial charge in [0.1, 0.15) is 5.60 Å². The van der Waals surface area contributed by atoms with Crippen LogP contribution in [0.25, 0.3) is 0 Å². The van der Waals surface area contributed by atoms with Crippen molar-refractivity contribution in [3.63, 3.8) is 0 Å². The second-order valence-corrected chi connectivity index (χ2v) is 6.08. The minimum absolute atomic E-state index is 0.0494. The Morgan fingerprint density at radius 2 is 1.91 bits per heavy atom. The third-order valence-electron chi connectivity index (χ3n) is 3.04. The number of rotatable bonds is 4. The molecule has 1 unspecified atom stereocenters. The Balaban J connectivity index is 2.79. The predicted molar refractivity (Wildman–Crippen MR) is 76.2 cm³/mol. The third kappa shape index (κ3) is 5.18. The zero-order chi connectivity index (χ0) is 16.9. The molecule has 0 heterocycles. The SMILES string of the molecule is CCOC(=O)C(O)N(NC(=O)OC(C)(C)C)C(=O)C1CCC1. The van der Waals surface area contributed by atoms with Crippen LogP contribution in [0.2, 0.25) is 0 Å². The van der Waals surface area contributed by atoms with Gasteiger partial charge in [0.25, 0.3) is 0 Å². The van der Waals surface area contributed by atoms with E-state index in [-0.39, 0.29) is 12.5 Å². The molecule has 0 aromatic rings. The monoisotopic (exact) mass is 316 g/mol. The van der Waals surface area contributed by atoms with E-state index in [1.165, 1.54) is 0 Å². The largest absolute Gasteiger partial charge is 0.463 e. The number of amides is 2. The molecule has 8 nitrogen and oxygen atoms in total. The van der Waals surface area contributed by atoms with Crippen LogP contribution in [0, 0.1) is 5.92 Å². The van der Waals surface area contributed by atoms with E-state index in [0.717, 1.165) is 6.42 Å². The molecule has 0 saturated heterocycles. The number of carbonyl (C=O) groups is 3. The maximum Gasteiger partial charge on any atom is 0.426 e. The summed E-state index contributed by atoms with van der Waals surface area (Å²) in [5.74, 6) is -1.86. The summed E-state index contributed by atoms with van der Waals surface area (Å²) in [4.78, 5) is 35.7. The molecule has 1 rings (SSSR count). The quantitative estimate of drug-likeness (QED) is 0.454. The van der Waals surface area contributed by atoms with Crippen LogP contribution < -0.4 is 5.43 Å². The number of hydrazine groups is 1. The van der Waals surface area contributed by atoms with Gasteiger partial charge in [0, 0.05) is 5.92 Å². The summed E-state index contributed by atoms with van der Waals surface area (Å²) in [5, 5.41) is 10.5. The first kappa shape index (κ1) is 18.2. The van der Waals surface area contributed by atoms with E-state index in [1.807, 2.05) is 0 Å². The van der Waals surface area contributed by atoms with Gasteiger partial charge in [-0.05, 0) is 40.5 Å². The molecule has 126 valence electrons. The molecule has 1 fully saturated rings. The lowest BCUT2D eigenvalue weighted by molar-refractivity contribution is -0.176. The van der Waals surface area contributed by atoms with Gasteiger partial charge < -0.3 is 14.6 Å². The maximum absolute atomic E-state index is 12.3. The highest BCUT2D eigenvalue weighted by molar-refractivity contribution is 5.86. The van der Waals surface area contributed by atoms with Gasteiger partial charge in [-0.25, -0.2) is 20.0 Å². The molecule has 1 saturated carbocycles. The third-order valence-corrected chi connectivity index (χ3v) is 3.04. The molecule has 0 bridgehead atoms. The van der Waals surface area contributed by atoms with Crippen molar-refractivity contribution >= 4 is 18.0 Å². The summed E-state index contributed by atoms with van der Waals surface area (Å²) in [7, 11) is 0. The molecule has 0 spiro atoms. The average Bonchev–Trinajstić information content (AvgIpc) is 2.30. The number of ether oxygens (including phenoxy) is 2. The van der Waals surface area contributed by atoms with Crippen LogP contribution in [0.15, 0.2) is 0 Å². The number of hydrogen-bond donors (Lipinski definition) is 2. The van der Waals surface area contributed by atoms with Crippen LogP contribution in [-0.4, -0.2) is 46.5 Å². The van der Waals surface area contributed by atoms with Gasteiger partial charge in [0.05, 0.1) is 6.61 Å². The lowest BCUT2D eigenvalue weighted by Crippen LogP contribution is -2.58. The fourth-order valence-corrected chi connectivity index (χ4v) is 1.81. The summed E-state index contributed by atoms with van der Waals surface area (Å²) in [5.41, 5.74) is 1.36. The van der Waals surface area contributed by atoms with E-state index in [9.17, 15) is 19.5 Å². The molecule has 2 N–H and O–H groups in total. The number of nitrogens with zero attached hydrogens (tertiary/aromatic N) is 1. The Hall–Kier alpha value is -1.83. The van der Waals surface area contributed by atoms with Gasteiger partial charge in [0.15, 0.2) is 0 Å². The summed E-state index contributed by atoms with van der Waals surface area (Å²) in [6.07, 6.45) is -0.627. The number of aliphatic hydroxyl groups excluding tert-OH is 1. The standard InChI is InChI=1S/C14H24N2O6/c1-5-21-12(19)11(18)16(10(17)9-7-6-8-9)15-13(20)22-14(2,3)4/h9,11,18H,5-8H2,1-4H3,(H,15,20). The molecule has 1 atom stereocenters. The van der Waals surface area contributed by atoms with E-state index < -0.39 is 29.8 Å². The summed E-state index contributed by atoms with van der Waals surface area (Å²) in [6.45, 7) is 6.60. The Kier molecular flexibility index (Phi) is 6.16. The molecule has 2 amide bonds. The molecule has 8 heteroatoms. The summed E-state index contributed by atoms with van der Waals surface area (Å²) < 4.78 is 9.71. The van der Waals surface area contributed by atoms with E-state index >= 15 is 0 Å². The first-order valence-corrected chi connectivity index (χ1v) is 7.33. The first-order valence-electron chi connectivity index (χ1n) is 7.33. The van der Waals surface area contributed by atoms with Gasteiger partial charge in [-0.3, -0.25) is 4.79 Å². The van der Waals surface area contributed by atoms with E-state index in [4.69, 9.17) is 4.74 Å². The van der Waals surface area contributed by atoms with Crippen molar-refractivity contribution in [3.05, 3.63) is 0 Å². The number of carbonyl (C=O) groups excluding carboxylic acids is 3. The molecule has 22 heavy (non-hydrogen) atoms. The van der Waals surface area contributed by atoms with Crippen LogP contribution in [-0.2, 0) is 19.1 Å². The number of nitrogens with one attached hydrogen (secondary N) is 1. The molecule has 0 radical (unpaired) electrons. The van der Waals surface area contributed by atoms with Crippen molar-refractivity contribution in [1.82, 2.24) is 10.4 Å². The predicted octanol–water partition coefficient (Wildman–Crippen LogP) is 0.936. The lowest BCUT2D eigenvalue weighted by Gasteiger charge is -2.33. The van der Waals surface area contributed by atoms with Crippen LogP contribution in [0.5, 0.6) is 0 Å². The number of hydrogen-bond acceptors (Lipinski definition) is 6. The van der Waals surface area contributed by atoms with E-state index in [1.54, 1.807) is 27.7 Å². The zero-order valence-electron chi connectivity index (χ0n) is 13.4. The topological polar surface area (TPSA) is 105 Å². The van der Waals surface area contributed by atoms with E-state index in [2.05, 4.69) is 10.2 Å². The maximum atomic E-state index is 12.3. The first-order chi connectivity index (χ1) is 10.2. The minimum atomic E-state index is -1.90. The van der Waals surface area contributed by atoms with Gasteiger partial charge in [0.2, 0.25) is 12.1 Å². The molecule has 0 aromatic heterocycles. The number of aliphatic hydroxyl groups is 1. The Bertz CT molecular complexity index is 428. The average molecular weight is 316 g/mol. The van der Waals surface area contributed by atoms with Crippen LogP contribution in [0.1, 0.15) is 47.0 Å². The fourth-order valence-electron chi connectivity index (χ4n) is 1.81. The van der Waals surface area contributed by atoms with Crippen molar-refractivity contribution in [2.45, 2.75) is 58.8 Å². The lowest BCUT2D eigenvalue weighted by atomic mass is 9.84. The number of esters is 1. The highest BCUT2D eigenvalue weighted by Crippen LogP contribution is 2.28. The Morgan fingerprint density at radius 3 is 2.32 bits per heavy atom. The second-order valence-electron chi connectivity index (χ2n) is 6.08. The van der Waals surface area contributed by atoms with Crippen molar-refractivity contribution in [3.8, 4) is 0 Å².